The predicted octanol–water partition coefficient (Wildman–Crippen LogP) is 0.790. The summed E-state index contributed by atoms with van der Waals surface area (Å²) < 4.78 is 0. The fourth-order valence-corrected chi connectivity index (χ4v) is 2.05. The Hall–Kier alpha value is -0.303. The minimum atomic E-state index is -1.27. The van der Waals surface area contributed by atoms with E-state index in [-0.39, 0.29) is 12.0 Å². The molecular formula is C10H19NOSi. The Morgan fingerprint density at radius 3 is 2.31 bits per heavy atom. The van der Waals surface area contributed by atoms with Gasteiger partial charge < -0.3 is 10.0 Å². The summed E-state index contributed by atoms with van der Waals surface area (Å²) >= 11 is 0. The van der Waals surface area contributed by atoms with Gasteiger partial charge in [0.15, 0.2) is 0 Å². The Balaban J connectivity index is 2.58. The molecule has 1 aliphatic heterocycles. The molecule has 1 aliphatic rings. The van der Waals surface area contributed by atoms with Crippen LogP contribution < -0.4 is 0 Å². The molecular weight excluding hydrogens is 178 g/mol. The zero-order valence-electron chi connectivity index (χ0n) is 8.96. The van der Waals surface area contributed by atoms with Crippen molar-refractivity contribution in [3.63, 3.8) is 0 Å². The molecule has 0 saturated carbocycles. The molecule has 0 bridgehead atoms. The van der Waals surface area contributed by atoms with Crippen molar-refractivity contribution in [2.45, 2.75) is 25.7 Å². The van der Waals surface area contributed by atoms with Gasteiger partial charge in [-0.2, -0.15) is 0 Å². The molecule has 1 fully saturated rings. The third-order valence-corrected chi connectivity index (χ3v) is 3.00. The highest BCUT2D eigenvalue weighted by Gasteiger charge is 2.27. The first-order chi connectivity index (χ1) is 5.88. The highest BCUT2D eigenvalue weighted by atomic mass is 28.3. The predicted molar refractivity (Wildman–Crippen MR) is 58.1 cm³/mol. The molecule has 2 unspecified atom stereocenters. The number of aliphatic hydroxyl groups is 1. The molecule has 0 aromatic heterocycles. The number of nitrogens with zero attached hydrogens (tertiary/aromatic N) is 1. The van der Waals surface area contributed by atoms with Gasteiger partial charge in [0.05, 0.1) is 12.0 Å². The Bertz CT molecular complexity index is 236. The third-order valence-electron chi connectivity index (χ3n) is 2.10. The first kappa shape index (κ1) is 10.8. The van der Waals surface area contributed by atoms with Gasteiger partial charge in [-0.05, 0) is 7.05 Å². The molecule has 1 saturated heterocycles. The van der Waals surface area contributed by atoms with Crippen molar-refractivity contribution < 1.29 is 5.11 Å². The summed E-state index contributed by atoms with van der Waals surface area (Å²) in [7, 11) is 0.760. The summed E-state index contributed by atoms with van der Waals surface area (Å²) in [5, 5.41) is 9.63. The van der Waals surface area contributed by atoms with Gasteiger partial charge in [-0.15, -0.1) is 11.5 Å². The van der Waals surface area contributed by atoms with Crippen molar-refractivity contribution in [2.24, 2.45) is 5.92 Å². The van der Waals surface area contributed by atoms with Gasteiger partial charge in [-0.3, -0.25) is 0 Å². The lowest BCUT2D eigenvalue weighted by molar-refractivity contribution is 0.163. The Morgan fingerprint density at radius 2 is 1.92 bits per heavy atom. The van der Waals surface area contributed by atoms with Crippen LogP contribution in [0.5, 0.6) is 0 Å². The number of β-amino-alcohol motifs (C(OH)–C–C–N with tert-alkyl or cyclic N) is 1. The Labute approximate surface area is 82.0 Å². The Kier molecular flexibility index (Phi) is 3.17. The molecule has 2 atom stereocenters. The van der Waals surface area contributed by atoms with Crippen LogP contribution in [0.1, 0.15) is 0 Å². The number of rotatable bonds is 0. The lowest BCUT2D eigenvalue weighted by Crippen LogP contribution is -2.20. The van der Waals surface area contributed by atoms with Crippen LogP contribution in [-0.4, -0.2) is 44.3 Å². The summed E-state index contributed by atoms with van der Waals surface area (Å²) in [4.78, 5) is 2.13. The molecule has 1 heterocycles. The number of hydrogen-bond donors (Lipinski definition) is 1. The standard InChI is InChI=1S/C10H19NOSi/c1-11-7-9(10(12)8-11)5-6-13(2,3)4/h9-10,12H,7-8H2,1-4H3. The van der Waals surface area contributed by atoms with Crippen molar-refractivity contribution in [3.05, 3.63) is 0 Å². The molecule has 0 radical (unpaired) electrons. The zero-order valence-corrected chi connectivity index (χ0v) is 9.96. The van der Waals surface area contributed by atoms with E-state index in [1.165, 1.54) is 0 Å². The maximum absolute atomic E-state index is 9.63. The average molecular weight is 197 g/mol. The summed E-state index contributed by atoms with van der Waals surface area (Å²) in [6.45, 7) is 8.37. The fraction of sp³-hybridized carbons (Fsp3) is 0.800. The van der Waals surface area contributed by atoms with Crippen LogP contribution in [0.2, 0.25) is 19.6 Å². The molecule has 3 heteroatoms. The minimum absolute atomic E-state index is 0.178. The summed E-state index contributed by atoms with van der Waals surface area (Å²) in [6.07, 6.45) is -0.242. The van der Waals surface area contributed by atoms with Crippen molar-refractivity contribution in [2.75, 3.05) is 20.1 Å². The van der Waals surface area contributed by atoms with E-state index in [0.29, 0.717) is 0 Å². The summed E-state index contributed by atoms with van der Waals surface area (Å²) in [5.74, 6) is 3.40. The smallest absolute Gasteiger partial charge is 0.129 e. The van der Waals surface area contributed by atoms with E-state index < -0.39 is 8.07 Å². The highest BCUT2D eigenvalue weighted by molar-refractivity contribution is 6.83. The SMILES string of the molecule is CN1CC(O)C(C#C[Si](C)(C)C)C1. The molecule has 2 nitrogen and oxygen atoms in total. The van der Waals surface area contributed by atoms with Crippen molar-refractivity contribution >= 4 is 8.07 Å². The molecule has 0 aliphatic carbocycles. The van der Waals surface area contributed by atoms with E-state index in [1.807, 2.05) is 7.05 Å². The molecule has 0 spiro atoms. The first-order valence-electron chi connectivity index (χ1n) is 4.78. The maximum atomic E-state index is 9.63. The summed E-state index contributed by atoms with van der Waals surface area (Å²) in [6, 6.07) is 0. The molecule has 1 rings (SSSR count). The number of hydrogen-bond acceptors (Lipinski definition) is 2. The largest absolute Gasteiger partial charge is 0.390 e. The molecule has 0 amide bonds. The van der Waals surface area contributed by atoms with E-state index in [9.17, 15) is 5.11 Å². The van der Waals surface area contributed by atoms with Crippen LogP contribution in [0, 0.1) is 17.4 Å². The van der Waals surface area contributed by atoms with Crippen LogP contribution in [0.3, 0.4) is 0 Å². The van der Waals surface area contributed by atoms with E-state index in [1.54, 1.807) is 0 Å². The van der Waals surface area contributed by atoms with Crippen LogP contribution in [0.4, 0.5) is 0 Å². The van der Waals surface area contributed by atoms with Crippen molar-refractivity contribution in [1.82, 2.24) is 4.90 Å². The van der Waals surface area contributed by atoms with E-state index >= 15 is 0 Å². The van der Waals surface area contributed by atoms with E-state index in [2.05, 4.69) is 36.0 Å². The van der Waals surface area contributed by atoms with Crippen molar-refractivity contribution in [3.8, 4) is 11.5 Å². The molecule has 0 aromatic rings. The van der Waals surface area contributed by atoms with Gasteiger partial charge in [-0.25, -0.2) is 0 Å². The van der Waals surface area contributed by atoms with Crippen molar-refractivity contribution in [1.29, 1.82) is 0 Å². The van der Waals surface area contributed by atoms with E-state index in [4.69, 9.17) is 0 Å². The van der Waals surface area contributed by atoms with Crippen LogP contribution >= 0.6 is 0 Å². The second kappa shape index (κ2) is 3.83. The Morgan fingerprint density at radius 1 is 1.31 bits per heavy atom. The quantitative estimate of drug-likeness (QED) is 0.458. The second-order valence-electron chi connectivity index (χ2n) is 4.91. The van der Waals surface area contributed by atoms with Gasteiger partial charge in [0.1, 0.15) is 8.07 Å². The molecule has 13 heavy (non-hydrogen) atoms. The topological polar surface area (TPSA) is 23.5 Å². The monoisotopic (exact) mass is 197 g/mol. The normalized spacial score (nSPS) is 29.9. The van der Waals surface area contributed by atoms with Crippen LogP contribution in [0.25, 0.3) is 0 Å². The first-order valence-corrected chi connectivity index (χ1v) is 8.28. The average Bonchev–Trinajstić information content (AvgIpc) is 2.24. The van der Waals surface area contributed by atoms with Gasteiger partial charge >= 0.3 is 0 Å². The zero-order chi connectivity index (χ0) is 10.1. The van der Waals surface area contributed by atoms with Gasteiger partial charge in [-0.1, -0.05) is 19.6 Å². The van der Waals surface area contributed by atoms with Gasteiger partial charge in [0, 0.05) is 13.1 Å². The summed E-state index contributed by atoms with van der Waals surface area (Å²) in [5.41, 5.74) is 3.32. The molecule has 0 aromatic carbocycles. The number of aliphatic hydroxyl groups excluding tert-OH is 1. The van der Waals surface area contributed by atoms with Crippen LogP contribution in [-0.2, 0) is 0 Å². The lowest BCUT2D eigenvalue weighted by atomic mass is 10.1. The van der Waals surface area contributed by atoms with Crippen LogP contribution in [0.15, 0.2) is 0 Å². The number of likely N-dealkylation sites (tertiary alicyclic amines) is 1. The minimum Gasteiger partial charge on any atom is -0.390 e. The highest BCUT2D eigenvalue weighted by Crippen LogP contribution is 2.14. The van der Waals surface area contributed by atoms with E-state index in [0.717, 1.165) is 13.1 Å². The lowest BCUT2D eigenvalue weighted by Gasteiger charge is -2.08. The maximum Gasteiger partial charge on any atom is 0.129 e. The van der Waals surface area contributed by atoms with Gasteiger partial charge in [0.2, 0.25) is 0 Å². The third kappa shape index (κ3) is 3.51. The molecule has 1 N–H and O–H groups in total. The second-order valence-corrected chi connectivity index (χ2v) is 9.66. The van der Waals surface area contributed by atoms with Gasteiger partial charge in [0.25, 0.3) is 0 Å². The molecule has 74 valence electrons. The fourth-order valence-electron chi connectivity index (χ4n) is 1.43. The number of likely N-dealkylation sites (N-methyl/N-ethyl adjacent to an activating group) is 1.